The monoisotopic (exact) mass is 339 g/mol. The van der Waals surface area contributed by atoms with E-state index in [4.69, 9.17) is 4.74 Å². The molecular formula is C21H25NO3. The lowest BCUT2D eigenvalue weighted by Gasteiger charge is -2.21. The van der Waals surface area contributed by atoms with Crippen molar-refractivity contribution in [2.24, 2.45) is 0 Å². The van der Waals surface area contributed by atoms with Gasteiger partial charge in [0.05, 0.1) is 6.61 Å². The number of aryl methyl sites for hydroxylation is 1. The third kappa shape index (κ3) is 5.07. The van der Waals surface area contributed by atoms with Crippen LogP contribution in [0.4, 0.5) is 0 Å². The van der Waals surface area contributed by atoms with Crippen LogP contribution in [0.1, 0.15) is 30.4 Å². The summed E-state index contributed by atoms with van der Waals surface area (Å²) in [5.41, 5.74) is 2.43. The van der Waals surface area contributed by atoms with E-state index in [9.17, 15) is 9.90 Å². The molecule has 0 bridgehead atoms. The molecule has 4 nitrogen and oxygen atoms in total. The predicted octanol–water partition coefficient (Wildman–Crippen LogP) is 3.75. The van der Waals surface area contributed by atoms with Gasteiger partial charge in [0.1, 0.15) is 11.8 Å². The molecule has 0 radical (unpaired) electrons. The van der Waals surface area contributed by atoms with Gasteiger partial charge in [0.25, 0.3) is 0 Å². The van der Waals surface area contributed by atoms with Crippen molar-refractivity contribution in [3.05, 3.63) is 65.7 Å². The van der Waals surface area contributed by atoms with Gasteiger partial charge in [-0.1, -0.05) is 42.5 Å². The smallest absolute Gasteiger partial charge is 0.320 e. The number of aliphatic carboxylic acids is 1. The van der Waals surface area contributed by atoms with E-state index in [-0.39, 0.29) is 6.04 Å². The normalized spacial score (nSPS) is 17.5. The maximum Gasteiger partial charge on any atom is 0.320 e. The molecule has 1 fully saturated rings. The molecule has 1 N–H and O–H groups in total. The van der Waals surface area contributed by atoms with Gasteiger partial charge in [-0.15, -0.1) is 0 Å². The van der Waals surface area contributed by atoms with Gasteiger partial charge in [0, 0.05) is 6.54 Å². The Balaban J connectivity index is 1.49. The second-order valence-electron chi connectivity index (χ2n) is 6.55. The van der Waals surface area contributed by atoms with Crippen LogP contribution >= 0.6 is 0 Å². The zero-order valence-electron chi connectivity index (χ0n) is 14.4. The van der Waals surface area contributed by atoms with Crippen LogP contribution in [0, 0.1) is 0 Å². The van der Waals surface area contributed by atoms with Crippen LogP contribution in [-0.4, -0.2) is 35.2 Å². The Kier molecular flexibility index (Phi) is 6.07. The van der Waals surface area contributed by atoms with Gasteiger partial charge < -0.3 is 9.84 Å². The first kappa shape index (κ1) is 17.5. The molecule has 0 unspecified atom stereocenters. The number of benzene rings is 2. The fourth-order valence-electron chi connectivity index (χ4n) is 3.37. The standard InChI is InChI=1S/C21H25NO3/c23-21(24)20-12-5-13-22(20)16-18-9-4-11-19(15-18)25-14-6-10-17-7-2-1-3-8-17/h1-4,7-9,11,15,20H,5-6,10,12-14,16H2,(H,23,24)/t20-/m0/s1. The second-order valence-corrected chi connectivity index (χ2v) is 6.55. The van der Waals surface area contributed by atoms with E-state index in [0.717, 1.165) is 43.5 Å². The molecule has 2 aromatic carbocycles. The molecule has 0 saturated carbocycles. The molecule has 1 saturated heterocycles. The summed E-state index contributed by atoms with van der Waals surface area (Å²) >= 11 is 0. The molecule has 25 heavy (non-hydrogen) atoms. The molecule has 132 valence electrons. The molecule has 3 rings (SSSR count). The fraction of sp³-hybridized carbons (Fsp3) is 0.381. The Morgan fingerprint density at radius 1 is 1.12 bits per heavy atom. The number of carboxylic acids is 1. The van der Waals surface area contributed by atoms with Crippen molar-refractivity contribution in [3.63, 3.8) is 0 Å². The van der Waals surface area contributed by atoms with Gasteiger partial charge in [-0.05, 0) is 55.5 Å². The summed E-state index contributed by atoms with van der Waals surface area (Å²) < 4.78 is 5.87. The van der Waals surface area contributed by atoms with Crippen molar-refractivity contribution < 1.29 is 14.6 Å². The maximum atomic E-state index is 11.3. The molecule has 1 atom stereocenters. The number of rotatable bonds is 8. The summed E-state index contributed by atoms with van der Waals surface area (Å²) in [4.78, 5) is 13.3. The highest BCUT2D eigenvalue weighted by Gasteiger charge is 2.30. The Morgan fingerprint density at radius 2 is 1.92 bits per heavy atom. The highest BCUT2D eigenvalue weighted by atomic mass is 16.5. The summed E-state index contributed by atoms with van der Waals surface area (Å²) in [6.45, 7) is 2.19. The summed E-state index contributed by atoms with van der Waals surface area (Å²) in [6.07, 6.45) is 3.67. The Bertz CT molecular complexity index is 687. The minimum Gasteiger partial charge on any atom is -0.494 e. The van der Waals surface area contributed by atoms with Crippen LogP contribution < -0.4 is 4.74 Å². The summed E-state index contributed by atoms with van der Waals surface area (Å²) in [5, 5.41) is 9.29. The lowest BCUT2D eigenvalue weighted by atomic mass is 10.1. The van der Waals surface area contributed by atoms with Crippen molar-refractivity contribution in [3.8, 4) is 5.75 Å². The van der Waals surface area contributed by atoms with Gasteiger partial charge in [0.2, 0.25) is 0 Å². The molecule has 1 aliphatic rings. The predicted molar refractivity (Wildman–Crippen MR) is 97.8 cm³/mol. The van der Waals surface area contributed by atoms with Gasteiger partial charge in [-0.2, -0.15) is 0 Å². The first-order valence-corrected chi connectivity index (χ1v) is 8.95. The Morgan fingerprint density at radius 3 is 2.72 bits per heavy atom. The highest BCUT2D eigenvalue weighted by molar-refractivity contribution is 5.73. The number of hydrogen-bond acceptors (Lipinski definition) is 3. The van der Waals surface area contributed by atoms with E-state index in [1.165, 1.54) is 5.56 Å². The summed E-state index contributed by atoms with van der Waals surface area (Å²) in [5.74, 6) is 0.141. The van der Waals surface area contributed by atoms with Crippen LogP contribution in [0.15, 0.2) is 54.6 Å². The van der Waals surface area contributed by atoms with Gasteiger partial charge in [-0.25, -0.2) is 0 Å². The average molecular weight is 339 g/mol. The largest absolute Gasteiger partial charge is 0.494 e. The van der Waals surface area contributed by atoms with Crippen molar-refractivity contribution in [1.29, 1.82) is 0 Å². The zero-order chi connectivity index (χ0) is 17.5. The molecule has 4 heteroatoms. The van der Waals surface area contributed by atoms with E-state index in [0.29, 0.717) is 13.2 Å². The van der Waals surface area contributed by atoms with E-state index in [1.54, 1.807) is 0 Å². The third-order valence-electron chi connectivity index (χ3n) is 4.65. The maximum absolute atomic E-state index is 11.3. The molecule has 1 heterocycles. The molecule has 2 aromatic rings. The average Bonchev–Trinajstić information content (AvgIpc) is 3.08. The molecule has 1 aliphatic heterocycles. The van der Waals surface area contributed by atoms with Crippen LogP contribution in [0.2, 0.25) is 0 Å². The van der Waals surface area contributed by atoms with Crippen molar-refractivity contribution in [1.82, 2.24) is 4.90 Å². The molecule has 0 aliphatic carbocycles. The van der Waals surface area contributed by atoms with Crippen molar-refractivity contribution in [2.45, 2.75) is 38.3 Å². The minimum atomic E-state index is -0.717. The van der Waals surface area contributed by atoms with E-state index < -0.39 is 5.97 Å². The van der Waals surface area contributed by atoms with E-state index in [1.807, 2.05) is 35.2 Å². The number of hydrogen-bond donors (Lipinski definition) is 1. The fourth-order valence-corrected chi connectivity index (χ4v) is 3.37. The zero-order valence-corrected chi connectivity index (χ0v) is 14.4. The van der Waals surface area contributed by atoms with Crippen molar-refractivity contribution >= 4 is 5.97 Å². The lowest BCUT2D eigenvalue weighted by Crippen LogP contribution is -2.35. The van der Waals surface area contributed by atoms with Crippen molar-refractivity contribution in [2.75, 3.05) is 13.2 Å². The number of nitrogens with zero attached hydrogens (tertiary/aromatic N) is 1. The van der Waals surface area contributed by atoms with Crippen LogP contribution in [0.25, 0.3) is 0 Å². The van der Waals surface area contributed by atoms with E-state index >= 15 is 0 Å². The Labute approximate surface area is 149 Å². The SMILES string of the molecule is O=C(O)[C@@H]1CCCN1Cc1cccc(OCCCc2ccccc2)c1. The number of carboxylic acid groups (broad SMARTS) is 1. The number of ether oxygens (including phenoxy) is 1. The number of likely N-dealkylation sites (tertiary alicyclic amines) is 1. The minimum absolute atomic E-state index is 0.351. The number of carbonyl (C=O) groups is 1. The van der Waals surface area contributed by atoms with Crippen LogP contribution in [-0.2, 0) is 17.8 Å². The van der Waals surface area contributed by atoms with Gasteiger partial charge in [0.15, 0.2) is 0 Å². The van der Waals surface area contributed by atoms with Gasteiger partial charge >= 0.3 is 5.97 Å². The lowest BCUT2D eigenvalue weighted by molar-refractivity contribution is -0.142. The Hall–Kier alpha value is -2.33. The second kappa shape index (κ2) is 8.67. The first-order chi connectivity index (χ1) is 12.2. The third-order valence-corrected chi connectivity index (χ3v) is 4.65. The van der Waals surface area contributed by atoms with Gasteiger partial charge in [-0.3, -0.25) is 9.69 Å². The topological polar surface area (TPSA) is 49.8 Å². The summed E-state index contributed by atoms with van der Waals surface area (Å²) in [7, 11) is 0. The molecule has 0 aromatic heterocycles. The van der Waals surface area contributed by atoms with Crippen LogP contribution in [0.3, 0.4) is 0 Å². The van der Waals surface area contributed by atoms with Crippen LogP contribution in [0.5, 0.6) is 5.75 Å². The molecular weight excluding hydrogens is 314 g/mol. The van der Waals surface area contributed by atoms with E-state index in [2.05, 4.69) is 24.3 Å². The molecule has 0 amide bonds. The molecule has 0 spiro atoms. The highest BCUT2D eigenvalue weighted by Crippen LogP contribution is 2.22. The quantitative estimate of drug-likeness (QED) is 0.744. The summed E-state index contributed by atoms with van der Waals surface area (Å²) in [6, 6.07) is 18.1. The first-order valence-electron chi connectivity index (χ1n) is 8.95.